The maximum atomic E-state index is 13.8. The molecule has 1 heterocycles. The summed E-state index contributed by atoms with van der Waals surface area (Å²) in [7, 11) is 0. The first kappa shape index (κ1) is 12.4. The van der Waals surface area contributed by atoms with E-state index in [0.717, 1.165) is 21.5 Å². The van der Waals surface area contributed by atoms with Crippen LogP contribution in [0.5, 0.6) is 0 Å². The van der Waals surface area contributed by atoms with Gasteiger partial charge < -0.3 is 5.32 Å². The standard InChI is InChI=1S/C12H15BrFNS/c1-12(2)7-16-6-11(15-12)9-4-3-8(13)5-10(9)14/h3-5,11,15H,6-7H2,1-2H3. The Morgan fingerprint density at radius 3 is 2.88 bits per heavy atom. The Morgan fingerprint density at radius 2 is 2.25 bits per heavy atom. The highest BCUT2D eigenvalue weighted by Gasteiger charge is 2.29. The predicted molar refractivity (Wildman–Crippen MR) is 71.4 cm³/mol. The summed E-state index contributed by atoms with van der Waals surface area (Å²) in [6.45, 7) is 4.31. The summed E-state index contributed by atoms with van der Waals surface area (Å²) in [5.41, 5.74) is 0.844. The smallest absolute Gasteiger partial charge is 0.129 e. The summed E-state index contributed by atoms with van der Waals surface area (Å²) in [5.74, 6) is 1.87. The van der Waals surface area contributed by atoms with Gasteiger partial charge in [0.1, 0.15) is 5.82 Å². The van der Waals surface area contributed by atoms with E-state index in [9.17, 15) is 4.39 Å². The van der Waals surface area contributed by atoms with Crippen LogP contribution >= 0.6 is 27.7 Å². The molecule has 0 saturated carbocycles. The number of benzene rings is 1. The van der Waals surface area contributed by atoms with E-state index in [4.69, 9.17) is 0 Å². The first-order valence-electron chi connectivity index (χ1n) is 5.28. The molecule has 1 saturated heterocycles. The van der Waals surface area contributed by atoms with Crippen molar-refractivity contribution in [1.29, 1.82) is 0 Å². The zero-order chi connectivity index (χ0) is 11.8. The van der Waals surface area contributed by atoms with Crippen LogP contribution < -0.4 is 5.32 Å². The third kappa shape index (κ3) is 2.79. The molecule has 88 valence electrons. The van der Waals surface area contributed by atoms with Gasteiger partial charge in [-0.1, -0.05) is 22.0 Å². The van der Waals surface area contributed by atoms with Gasteiger partial charge in [-0.2, -0.15) is 11.8 Å². The Bertz CT molecular complexity index is 395. The van der Waals surface area contributed by atoms with Crippen LogP contribution in [0.4, 0.5) is 4.39 Å². The topological polar surface area (TPSA) is 12.0 Å². The zero-order valence-corrected chi connectivity index (χ0v) is 11.8. The average Bonchev–Trinajstić information content (AvgIpc) is 2.15. The molecule has 0 aromatic heterocycles. The van der Waals surface area contributed by atoms with Crippen molar-refractivity contribution in [1.82, 2.24) is 5.32 Å². The van der Waals surface area contributed by atoms with Crippen molar-refractivity contribution in [2.75, 3.05) is 11.5 Å². The molecule has 1 unspecified atom stereocenters. The lowest BCUT2D eigenvalue weighted by Gasteiger charge is -2.37. The van der Waals surface area contributed by atoms with Crippen LogP contribution in [0.3, 0.4) is 0 Å². The number of rotatable bonds is 1. The van der Waals surface area contributed by atoms with E-state index in [2.05, 4.69) is 35.1 Å². The van der Waals surface area contributed by atoms with Gasteiger partial charge in [0.15, 0.2) is 0 Å². The minimum Gasteiger partial charge on any atom is -0.303 e. The highest BCUT2D eigenvalue weighted by atomic mass is 79.9. The quantitative estimate of drug-likeness (QED) is 0.848. The largest absolute Gasteiger partial charge is 0.303 e. The summed E-state index contributed by atoms with van der Waals surface area (Å²) in [5, 5.41) is 3.49. The van der Waals surface area contributed by atoms with Crippen molar-refractivity contribution >= 4 is 27.7 Å². The van der Waals surface area contributed by atoms with Crippen molar-refractivity contribution in [2.45, 2.75) is 25.4 Å². The third-order valence-corrected chi connectivity index (χ3v) is 4.64. The van der Waals surface area contributed by atoms with Gasteiger partial charge in [0.25, 0.3) is 0 Å². The summed E-state index contributed by atoms with van der Waals surface area (Å²) >= 11 is 5.15. The van der Waals surface area contributed by atoms with E-state index < -0.39 is 0 Å². The van der Waals surface area contributed by atoms with Crippen LogP contribution in [0.15, 0.2) is 22.7 Å². The van der Waals surface area contributed by atoms with Crippen molar-refractivity contribution in [3.8, 4) is 0 Å². The molecular weight excluding hydrogens is 289 g/mol. The minimum atomic E-state index is -0.134. The predicted octanol–water partition coefficient (Wildman–Crippen LogP) is 3.74. The van der Waals surface area contributed by atoms with Gasteiger partial charge in [-0.05, 0) is 26.0 Å². The highest BCUT2D eigenvalue weighted by Crippen LogP contribution is 2.31. The SMILES string of the molecule is CC1(C)CSCC(c2ccc(Br)cc2F)N1. The molecule has 4 heteroatoms. The van der Waals surface area contributed by atoms with Gasteiger partial charge in [-0.15, -0.1) is 0 Å². The van der Waals surface area contributed by atoms with E-state index in [1.165, 1.54) is 6.07 Å². The molecule has 0 spiro atoms. The number of hydrogen-bond acceptors (Lipinski definition) is 2. The molecule has 1 fully saturated rings. The number of halogens is 2. The normalized spacial score (nSPS) is 24.4. The van der Waals surface area contributed by atoms with Gasteiger partial charge in [0.05, 0.1) is 0 Å². The summed E-state index contributed by atoms with van der Waals surface area (Å²) in [4.78, 5) is 0. The first-order chi connectivity index (χ1) is 7.48. The van der Waals surface area contributed by atoms with Crippen molar-refractivity contribution in [2.24, 2.45) is 0 Å². The molecule has 1 aromatic carbocycles. The molecule has 2 rings (SSSR count). The van der Waals surface area contributed by atoms with Crippen LogP contribution in [-0.4, -0.2) is 17.0 Å². The van der Waals surface area contributed by atoms with Crippen LogP contribution in [0.25, 0.3) is 0 Å². The fourth-order valence-electron chi connectivity index (χ4n) is 1.94. The molecule has 1 aliphatic heterocycles. The maximum absolute atomic E-state index is 13.8. The molecule has 0 bridgehead atoms. The van der Waals surface area contributed by atoms with Gasteiger partial charge >= 0.3 is 0 Å². The summed E-state index contributed by atoms with van der Waals surface area (Å²) in [6, 6.07) is 5.40. The van der Waals surface area contributed by atoms with Gasteiger partial charge in [0.2, 0.25) is 0 Å². The molecule has 1 nitrogen and oxygen atoms in total. The number of nitrogens with one attached hydrogen (secondary N) is 1. The minimum absolute atomic E-state index is 0.0765. The van der Waals surface area contributed by atoms with Crippen molar-refractivity contribution in [3.63, 3.8) is 0 Å². The lowest BCUT2D eigenvalue weighted by atomic mass is 10.0. The summed E-state index contributed by atoms with van der Waals surface area (Å²) < 4.78 is 14.6. The van der Waals surface area contributed by atoms with Gasteiger partial charge in [0, 0.05) is 33.1 Å². The number of thioether (sulfide) groups is 1. The third-order valence-electron chi connectivity index (χ3n) is 2.65. The second-order valence-electron chi connectivity index (χ2n) is 4.76. The fourth-order valence-corrected chi connectivity index (χ4v) is 3.48. The Labute approximate surface area is 108 Å². The second-order valence-corrected chi connectivity index (χ2v) is 6.71. The van der Waals surface area contributed by atoms with E-state index in [1.807, 2.05) is 23.9 Å². The Kier molecular flexibility index (Phi) is 3.62. The van der Waals surface area contributed by atoms with Crippen molar-refractivity contribution in [3.05, 3.63) is 34.1 Å². The maximum Gasteiger partial charge on any atom is 0.129 e. The molecule has 1 aromatic rings. The summed E-state index contributed by atoms with van der Waals surface area (Å²) in [6.07, 6.45) is 0. The van der Waals surface area contributed by atoms with Crippen LogP contribution in [-0.2, 0) is 0 Å². The molecular formula is C12H15BrFNS. The molecule has 16 heavy (non-hydrogen) atoms. The van der Waals surface area contributed by atoms with Crippen molar-refractivity contribution < 1.29 is 4.39 Å². The number of hydrogen-bond donors (Lipinski definition) is 1. The van der Waals surface area contributed by atoms with Crippen LogP contribution in [0.1, 0.15) is 25.5 Å². The van der Waals surface area contributed by atoms with E-state index >= 15 is 0 Å². The van der Waals surface area contributed by atoms with Crippen LogP contribution in [0, 0.1) is 5.82 Å². The zero-order valence-electron chi connectivity index (χ0n) is 9.39. The molecule has 1 N–H and O–H groups in total. The lowest BCUT2D eigenvalue weighted by molar-refractivity contribution is 0.369. The van der Waals surface area contributed by atoms with Crippen LogP contribution in [0.2, 0.25) is 0 Å². The van der Waals surface area contributed by atoms with Gasteiger partial charge in [-0.3, -0.25) is 0 Å². The second kappa shape index (κ2) is 4.67. The molecule has 0 aliphatic carbocycles. The lowest BCUT2D eigenvalue weighted by Crippen LogP contribution is -2.48. The van der Waals surface area contributed by atoms with E-state index in [1.54, 1.807) is 0 Å². The molecule has 1 aliphatic rings. The van der Waals surface area contributed by atoms with E-state index in [-0.39, 0.29) is 17.4 Å². The molecule has 0 amide bonds. The fraction of sp³-hybridized carbons (Fsp3) is 0.500. The molecule has 0 radical (unpaired) electrons. The Morgan fingerprint density at radius 1 is 1.50 bits per heavy atom. The van der Waals surface area contributed by atoms with Gasteiger partial charge in [-0.25, -0.2) is 4.39 Å². The monoisotopic (exact) mass is 303 g/mol. The highest BCUT2D eigenvalue weighted by molar-refractivity contribution is 9.10. The Balaban J connectivity index is 2.23. The first-order valence-corrected chi connectivity index (χ1v) is 7.23. The average molecular weight is 304 g/mol. The van der Waals surface area contributed by atoms with E-state index in [0.29, 0.717) is 0 Å². The Hall–Kier alpha value is -0.0600. The molecule has 1 atom stereocenters.